The van der Waals surface area contributed by atoms with E-state index in [9.17, 15) is 19.7 Å². The lowest BCUT2D eigenvalue weighted by Crippen LogP contribution is -2.39. The molecule has 3 heterocycles. The SMILES string of the molecule is CCOC(=O)C1=C(C)N=c2s/c(=C\c3cc4c(cc3[N+](=O)[O-])OCO4)c(=O)n2[C@@H]1c1ccc(SC)cc1. The Hall–Kier alpha value is -3.90. The predicted molar refractivity (Wildman–Crippen MR) is 138 cm³/mol. The zero-order valence-corrected chi connectivity index (χ0v) is 21.7. The van der Waals surface area contributed by atoms with Gasteiger partial charge in [-0.15, -0.1) is 11.8 Å². The van der Waals surface area contributed by atoms with Crippen LogP contribution >= 0.6 is 23.1 Å². The first-order chi connectivity index (χ1) is 17.8. The maximum Gasteiger partial charge on any atom is 0.338 e. The molecule has 2 aliphatic rings. The summed E-state index contributed by atoms with van der Waals surface area (Å²) < 4.78 is 17.6. The molecule has 2 aliphatic heterocycles. The summed E-state index contributed by atoms with van der Waals surface area (Å²) in [6, 6.07) is 9.58. The maximum atomic E-state index is 13.7. The summed E-state index contributed by atoms with van der Waals surface area (Å²) in [7, 11) is 0. The summed E-state index contributed by atoms with van der Waals surface area (Å²) in [5.41, 5.74) is 0.983. The highest BCUT2D eigenvalue weighted by Crippen LogP contribution is 2.38. The van der Waals surface area contributed by atoms with Crippen LogP contribution in [0.5, 0.6) is 11.5 Å². The van der Waals surface area contributed by atoms with E-state index >= 15 is 0 Å². The summed E-state index contributed by atoms with van der Waals surface area (Å²) in [5, 5.41) is 11.7. The molecule has 0 saturated carbocycles. The zero-order valence-electron chi connectivity index (χ0n) is 20.0. The van der Waals surface area contributed by atoms with Crippen molar-refractivity contribution in [1.82, 2.24) is 4.57 Å². The molecule has 0 amide bonds. The van der Waals surface area contributed by atoms with Crippen molar-refractivity contribution in [3.05, 3.63) is 88.6 Å². The Kier molecular flexibility index (Phi) is 6.61. The third-order valence-corrected chi connectivity index (χ3v) is 7.68. The van der Waals surface area contributed by atoms with Crippen LogP contribution in [-0.4, -0.2) is 35.1 Å². The third kappa shape index (κ3) is 4.42. The number of carbonyl (C=O) groups excluding carboxylic acids is 1. The van der Waals surface area contributed by atoms with Gasteiger partial charge in [0.05, 0.1) is 45.0 Å². The van der Waals surface area contributed by atoms with Crippen molar-refractivity contribution >= 4 is 40.8 Å². The van der Waals surface area contributed by atoms with E-state index in [0.29, 0.717) is 16.2 Å². The Labute approximate surface area is 218 Å². The van der Waals surface area contributed by atoms with Crippen LogP contribution in [0.25, 0.3) is 6.08 Å². The highest BCUT2D eigenvalue weighted by atomic mass is 32.2. The van der Waals surface area contributed by atoms with E-state index in [1.165, 1.54) is 22.8 Å². The van der Waals surface area contributed by atoms with Crippen molar-refractivity contribution < 1.29 is 23.9 Å². The number of fused-ring (bicyclic) bond motifs is 2. The van der Waals surface area contributed by atoms with Crippen molar-refractivity contribution in [1.29, 1.82) is 0 Å². The van der Waals surface area contributed by atoms with Crippen LogP contribution in [0.3, 0.4) is 0 Å². The molecule has 0 unspecified atom stereocenters. The van der Waals surface area contributed by atoms with Gasteiger partial charge in [0.15, 0.2) is 16.3 Å². The molecule has 2 aromatic carbocycles. The van der Waals surface area contributed by atoms with Crippen molar-refractivity contribution in [2.45, 2.75) is 24.8 Å². The average Bonchev–Trinajstić information content (AvgIpc) is 3.46. The number of allylic oxidation sites excluding steroid dienone is 1. The van der Waals surface area contributed by atoms with Gasteiger partial charge in [-0.3, -0.25) is 19.5 Å². The molecule has 12 heteroatoms. The standard InChI is InChI=1S/C25H21N3O7S2/c1-4-33-24(30)21-13(2)26-25-27(22(21)14-5-7-16(36-3)8-6-14)23(29)20(37-25)10-15-9-18-19(35-12-34-18)11-17(15)28(31)32/h5-11,22H,4,12H2,1-3H3/b20-10-/t22-/m1/s1. The van der Waals surface area contributed by atoms with E-state index in [2.05, 4.69) is 4.99 Å². The van der Waals surface area contributed by atoms with Gasteiger partial charge < -0.3 is 14.2 Å². The van der Waals surface area contributed by atoms with Crippen LogP contribution in [0.4, 0.5) is 5.69 Å². The fourth-order valence-electron chi connectivity index (χ4n) is 4.26. The predicted octanol–water partition coefficient (Wildman–Crippen LogP) is 3.16. The van der Waals surface area contributed by atoms with Crippen molar-refractivity contribution in [3.63, 3.8) is 0 Å². The number of hydrogen-bond donors (Lipinski definition) is 0. The minimum atomic E-state index is -0.764. The quantitative estimate of drug-likeness (QED) is 0.203. The number of aromatic nitrogens is 1. The first-order valence-corrected chi connectivity index (χ1v) is 13.3. The number of nitrogens with zero attached hydrogens (tertiary/aromatic N) is 3. The molecule has 5 rings (SSSR count). The fourth-order valence-corrected chi connectivity index (χ4v) is 5.70. The number of rotatable bonds is 6. The van der Waals surface area contributed by atoms with Crippen LogP contribution in [0.15, 0.2) is 62.4 Å². The van der Waals surface area contributed by atoms with Crippen LogP contribution in [0.2, 0.25) is 0 Å². The van der Waals surface area contributed by atoms with Gasteiger partial charge in [-0.2, -0.15) is 0 Å². The minimum absolute atomic E-state index is 0.0383. The smallest absolute Gasteiger partial charge is 0.338 e. The van der Waals surface area contributed by atoms with Gasteiger partial charge in [-0.25, -0.2) is 9.79 Å². The van der Waals surface area contributed by atoms with Crippen LogP contribution < -0.4 is 24.4 Å². The van der Waals surface area contributed by atoms with Crippen molar-refractivity contribution in [3.8, 4) is 11.5 Å². The summed E-state index contributed by atoms with van der Waals surface area (Å²) in [4.78, 5) is 43.9. The van der Waals surface area contributed by atoms with Gasteiger partial charge in [-0.05, 0) is 49.9 Å². The first kappa shape index (κ1) is 24.8. The zero-order chi connectivity index (χ0) is 26.3. The number of ether oxygens (including phenoxy) is 3. The number of hydrogen-bond acceptors (Lipinski definition) is 10. The summed E-state index contributed by atoms with van der Waals surface area (Å²) in [6.07, 6.45) is 3.41. The number of carbonyl (C=O) groups is 1. The number of benzene rings is 2. The Balaban J connectivity index is 1.72. The molecule has 0 radical (unpaired) electrons. The molecule has 1 atom stereocenters. The Morgan fingerprint density at radius 1 is 1.30 bits per heavy atom. The highest BCUT2D eigenvalue weighted by Gasteiger charge is 2.33. The molecule has 1 aromatic heterocycles. The second kappa shape index (κ2) is 9.87. The molecule has 0 fully saturated rings. The Morgan fingerprint density at radius 2 is 2.00 bits per heavy atom. The second-order valence-electron chi connectivity index (χ2n) is 8.10. The van der Waals surface area contributed by atoms with Gasteiger partial charge in [0, 0.05) is 4.90 Å². The van der Waals surface area contributed by atoms with Crippen molar-refractivity contribution in [2.75, 3.05) is 19.7 Å². The third-order valence-electron chi connectivity index (χ3n) is 5.95. The topological polar surface area (TPSA) is 122 Å². The van der Waals surface area contributed by atoms with E-state index in [1.807, 2.05) is 30.5 Å². The summed E-state index contributed by atoms with van der Waals surface area (Å²) in [5.74, 6) is 0.0777. The lowest BCUT2D eigenvalue weighted by Gasteiger charge is -2.24. The van der Waals surface area contributed by atoms with E-state index in [0.717, 1.165) is 21.8 Å². The fraction of sp³-hybridized carbons (Fsp3) is 0.240. The molecule has 3 aromatic rings. The summed E-state index contributed by atoms with van der Waals surface area (Å²) in [6.45, 7) is 3.55. The van der Waals surface area contributed by atoms with E-state index in [-0.39, 0.29) is 40.5 Å². The number of esters is 1. The lowest BCUT2D eigenvalue weighted by molar-refractivity contribution is -0.385. The molecular formula is C25H21N3O7S2. The number of thioether (sulfide) groups is 1. The highest BCUT2D eigenvalue weighted by molar-refractivity contribution is 7.98. The lowest BCUT2D eigenvalue weighted by atomic mass is 9.96. The number of thiazole rings is 1. The molecule has 190 valence electrons. The molecule has 0 saturated heterocycles. The van der Waals surface area contributed by atoms with Gasteiger partial charge in [0.25, 0.3) is 11.2 Å². The maximum absolute atomic E-state index is 13.7. The first-order valence-electron chi connectivity index (χ1n) is 11.2. The Morgan fingerprint density at radius 3 is 2.65 bits per heavy atom. The van der Waals surface area contributed by atoms with Gasteiger partial charge in [-0.1, -0.05) is 23.5 Å². The van der Waals surface area contributed by atoms with Crippen LogP contribution in [0, 0.1) is 10.1 Å². The molecule has 0 bridgehead atoms. The van der Waals surface area contributed by atoms with Gasteiger partial charge in [0.2, 0.25) is 6.79 Å². The van der Waals surface area contributed by atoms with E-state index < -0.39 is 22.5 Å². The number of nitro groups is 1. The van der Waals surface area contributed by atoms with Crippen molar-refractivity contribution in [2.24, 2.45) is 4.99 Å². The molecule has 10 nitrogen and oxygen atoms in total. The molecule has 0 aliphatic carbocycles. The molecule has 37 heavy (non-hydrogen) atoms. The second-order valence-corrected chi connectivity index (χ2v) is 9.99. The monoisotopic (exact) mass is 539 g/mol. The Bertz CT molecular complexity index is 1640. The average molecular weight is 540 g/mol. The van der Waals surface area contributed by atoms with Crippen LogP contribution in [-0.2, 0) is 9.53 Å². The molecule has 0 spiro atoms. The molecular weight excluding hydrogens is 518 g/mol. The normalized spacial score (nSPS) is 16.4. The van der Waals surface area contributed by atoms with E-state index in [1.54, 1.807) is 25.6 Å². The largest absolute Gasteiger partial charge is 0.463 e. The van der Waals surface area contributed by atoms with Crippen LogP contribution in [0.1, 0.15) is 31.0 Å². The molecule has 0 N–H and O–H groups in total. The van der Waals surface area contributed by atoms with Gasteiger partial charge >= 0.3 is 5.97 Å². The number of nitro benzene ring substituents is 1. The summed E-state index contributed by atoms with van der Waals surface area (Å²) >= 11 is 2.67. The van der Waals surface area contributed by atoms with E-state index in [4.69, 9.17) is 14.2 Å². The minimum Gasteiger partial charge on any atom is -0.463 e. The van der Waals surface area contributed by atoms with Gasteiger partial charge in [0.1, 0.15) is 0 Å².